The molecular formula is C26H34FN2O3P. The van der Waals surface area contributed by atoms with E-state index in [1.165, 1.54) is 19.3 Å². The fraction of sp³-hybridized carbons (Fsp3) is 0.423. The maximum Gasteiger partial charge on any atom is 0.316 e. The quantitative estimate of drug-likeness (QED) is 0.209. The van der Waals surface area contributed by atoms with Crippen LogP contribution in [-0.2, 0) is 22.1 Å². The number of fused-ring (bicyclic) bond motifs is 1. The maximum atomic E-state index is 14.8. The molecule has 0 spiro atoms. The van der Waals surface area contributed by atoms with E-state index in [-0.39, 0.29) is 12.4 Å². The zero-order valence-corrected chi connectivity index (χ0v) is 20.3. The predicted molar refractivity (Wildman–Crippen MR) is 133 cm³/mol. The van der Waals surface area contributed by atoms with Crippen molar-refractivity contribution in [3.8, 4) is 11.1 Å². The predicted octanol–water partition coefficient (Wildman–Crippen LogP) is 6.43. The van der Waals surface area contributed by atoms with Crippen LogP contribution in [0.4, 0.5) is 4.39 Å². The van der Waals surface area contributed by atoms with Gasteiger partial charge in [0.2, 0.25) is 0 Å². The van der Waals surface area contributed by atoms with Crippen LogP contribution in [-0.4, -0.2) is 23.0 Å². The van der Waals surface area contributed by atoms with Crippen LogP contribution in [0.25, 0.3) is 22.0 Å². The standard InChI is InChI=1S/C26H34FN2O3P/c1-2-3-4-5-6-9-20-11-12-21(18-25(20)27)23-14-13-22(26-24(23)10-7-16-29-26)19-28-15-8-17-32-33(30)31/h7,10-14,16,18,28,33H,2-6,8-9,15,17,19H2,1H3,(H,30,31). The van der Waals surface area contributed by atoms with Crippen LogP contribution in [0, 0.1) is 5.82 Å². The minimum atomic E-state index is -2.86. The lowest BCUT2D eigenvalue weighted by Crippen LogP contribution is -2.16. The van der Waals surface area contributed by atoms with Crippen LogP contribution in [0.5, 0.6) is 0 Å². The molecule has 1 aromatic heterocycles. The van der Waals surface area contributed by atoms with Gasteiger partial charge in [-0.2, -0.15) is 0 Å². The fourth-order valence-electron chi connectivity index (χ4n) is 4.04. The average molecular weight is 473 g/mol. The van der Waals surface area contributed by atoms with E-state index in [1.807, 2.05) is 36.4 Å². The number of hydrogen-bond donors (Lipinski definition) is 2. The van der Waals surface area contributed by atoms with Gasteiger partial charge in [0.1, 0.15) is 5.82 Å². The number of halogens is 1. The smallest absolute Gasteiger partial charge is 0.316 e. The summed E-state index contributed by atoms with van der Waals surface area (Å²) < 4.78 is 30.1. The highest BCUT2D eigenvalue weighted by Crippen LogP contribution is 2.31. The number of hydrogen-bond acceptors (Lipinski definition) is 4. The van der Waals surface area contributed by atoms with Gasteiger partial charge in [-0.25, -0.2) is 4.39 Å². The monoisotopic (exact) mass is 472 g/mol. The third-order valence-corrected chi connectivity index (χ3v) is 6.26. The van der Waals surface area contributed by atoms with Crippen molar-refractivity contribution in [3.63, 3.8) is 0 Å². The molecule has 0 aliphatic heterocycles. The van der Waals surface area contributed by atoms with E-state index in [4.69, 9.17) is 9.42 Å². The Morgan fingerprint density at radius 3 is 2.67 bits per heavy atom. The van der Waals surface area contributed by atoms with E-state index < -0.39 is 8.25 Å². The van der Waals surface area contributed by atoms with Gasteiger partial charge < -0.3 is 14.7 Å². The Morgan fingerprint density at radius 2 is 1.88 bits per heavy atom. The van der Waals surface area contributed by atoms with Crippen LogP contribution in [0.1, 0.15) is 56.6 Å². The van der Waals surface area contributed by atoms with Gasteiger partial charge in [-0.3, -0.25) is 9.55 Å². The van der Waals surface area contributed by atoms with E-state index in [2.05, 4.69) is 17.2 Å². The summed E-state index contributed by atoms with van der Waals surface area (Å²) >= 11 is 0. The van der Waals surface area contributed by atoms with Crippen molar-refractivity contribution in [2.45, 2.75) is 58.4 Å². The summed E-state index contributed by atoms with van der Waals surface area (Å²) in [5.41, 5.74) is 4.55. The number of benzene rings is 2. The van der Waals surface area contributed by atoms with Gasteiger partial charge >= 0.3 is 8.25 Å². The largest absolute Gasteiger partial charge is 0.326 e. The molecule has 0 fully saturated rings. The highest BCUT2D eigenvalue weighted by atomic mass is 31.1. The molecule has 0 aliphatic carbocycles. The first-order chi connectivity index (χ1) is 16.1. The van der Waals surface area contributed by atoms with Crippen LogP contribution in [0.2, 0.25) is 0 Å². The van der Waals surface area contributed by atoms with Gasteiger partial charge in [0.25, 0.3) is 0 Å². The van der Waals surface area contributed by atoms with Gasteiger partial charge in [-0.15, -0.1) is 0 Å². The highest BCUT2D eigenvalue weighted by Gasteiger charge is 2.11. The molecule has 1 unspecified atom stereocenters. The molecule has 2 aromatic carbocycles. The van der Waals surface area contributed by atoms with E-state index in [1.54, 1.807) is 12.3 Å². The number of nitrogens with zero attached hydrogens (tertiary/aromatic N) is 1. The van der Waals surface area contributed by atoms with E-state index in [0.717, 1.165) is 52.4 Å². The van der Waals surface area contributed by atoms with Crippen molar-refractivity contribution in [1.82, 2.24) is 10.3 Å². The Kier molecular flexibility index (Phi) is 10.5. The lowest BCUT2D eigenvalue weighted by Gasteiger charge is -2.13. The lowest BCUT2D eigenvalue weighted by atomic mass is 9.96. The molecule has 0 saturated carbocycles. The second kappa shape index (κ2) is 13.6. The summed E-state index contributed by atoms with van der Waals surface area (Å²) in [6.45, 7) is 3.73. The third-order valence-electron chi connectivity index (χ3n) is 5.81. The summed E-state index contributed by atoms with van der Waals surface area (Å²) in [6.07, 6.45) is 9.04. The molecule has 3 rings (SSSR count). The molecule has 0 bridgehead atoms. The number of rotatable bonds is 14. The third kappa shape index (κ3) is 7.72. The number of pyridine rings is 1. The van der Waals surface area contributed by atoms with Crippen molar-refractivity contribution >= 4 is 19.2 Å². The first-order valence-electron chi connectivity index (χ1n) is 11.8. The van der Waals surface area contributed by atoms with Crippen molar-refractivity contribution in [2.75, 3.05) is 13.2 Å². The van der Waals surface area contributed by atoms with Gasteiger partial charge in [0.05, 0.1) is 12.1 Å². The van der Waals surface area contributed by atoms with Gasteiger partial charge in [0.15, 0.2) is 0 Å². The Morgan fingerprint density at radius 1 is 1.06 bits per heavy atom. The SMILES string of the molecule is CCCCCCCc1ccc(-c2ccc(CNCCCO[PH](=O)O)c3ncccc23)cc1F. The Bertz CT molecular complexity index is 1060. The molecule has 1 atom stereocenters. The summed E-state index contributed by atoms with van der Waals surface area (Å²) in [5, 5.41) is 4.31. The second-order valence-corrected chi connectivity index (χ2v) is 9.11. The lowest BCUT2D eigenvalue weighted by molar-refractivity contribution is 0.276. The molecule has 178 valence electrons. The van der Waals surface area contributed by atoms with Gasteiger partial charge in [-0.05, 0) is 60.2 Å². The number of nitrogens with one attached hydrogen (secondary N) is 1. The molecule has 7 heteroatoms. The molecule has 5 nitrogen and oxygen atoms in total. The van der Waals surface area contributed by atoms with Gasteiger partial charge in [-0.1, -0.05) is 62.9 Å². The van der Waals surface area contributed by atoms with E-state index in [9.17, 15) is 8.96 Å². The number of unbranched alkanes of at least 4 members (excludes halogenated alkanes) is 4. The molecule has 2 N–H and O–H groups in total. The molecule has 3 aromatic rings. The number of aryl methyl sites for hydroxylation is 1. The average Bonchev–Trinajstić information content (AvgIpc) is 2.82. The van der Waals surface area contributed by atoms with Gasteiger partial charge in [0, 0.05) is 18.1 Å². The maximum absolute atomic E-state index is 14.8. The van der Waals surface area contributed by atoms with Crippen molar-refractivity contribution in [1.29, 1.82) is 0 Å². The summed E-state index contributed by atoms with van der Waals surface area (Å²) in [6, 6.07) is 13.6. The molecular weight excluding hydrogens is 438 g/mol. The first-order valence-corrected chi connectivity index (χ1v) is 13.1. The topological polar surface area (TPSA) is 71.5 Å². The molecule has 1 heterocycles. The molecule has 0 saturated heterocycles. The number of aromatic nitrogens is 1. The summed E-state index contributed by atoms with van der Waals surface area (Å²) in [7, 11) is -2.86. The van der Waals surface area contributed by atoms with Crippen molar-refractivity contribution in [2.24, 2.45) is 0 Å². The Balaban J connectivity index is 1.69. The Hall–Kier alpha value is -2.11. The summed E-state index contributed by atoms with van der Waals surface area (Å²) in [5.74, 6) is -0.140. The van der Waals surface area contributed by atoms with Crippen molar-refractivity contribution < 1.29 is 18.4 Å². The minimum absolute atomic E-state index is 0.140. The van der Waals surface area contributed by atoms with Crippen LogP contribution >= 0.6 is 8.25 Å². The molecule has 0 aliphatic rings. The zero-order chi connectivity index (χ0) is 23.5. The second-order valence-electron chi connectivity index (χ2n) is 8.29. The summed E-state index contributed by atoms with van der Waals surface area (Å²) in [4.78, 5) is 13.3. The van der Waals surface area contributed by atoms with Crippen LogP contribution in [0.15, 0.2) is 48.7 Å². The Labute approximate surface area is 196 Å². The fourth-order valence-corrected chi connectivity index (χ4v) is 4.36. The normalized spacial score (nSPS) is 12.3. The van der Waals surface area contributed by atoms with Crippen molar-refractivity contribution in [3.05, 3.63) is 65.6 Å². The molecule has 0 radical (unpaired) electrons. The molecule has 0 amide bonds. The van der Waals surface area contributed by atoms with E-state index in [0.29, 0.717) is 19.5 Å². The molecule has 33 heavy (non-hydrogen) atoms. The van der Waals surface area contributed by atoms with Crippen LogP contribution in [0.3, 0.4) is 0 Å². The van der Waals surface area contributed by atoms with Crippen LogP contribution < -0.4 is 5.32 Å². The highest BCUT2D eigenvalue weighted by molar-refractivity contribution is 7.32. The first kappa shape index (κ1) is 25.5. The minimum Gasteiger partial charge on any atom is -0.326 e. The van der Waals surface area contributed by atoms with E-state index >= 15 is 0 Å². The zero-order valence-electron chi connectivity index (χ0n) is 19.3.